The molecule has 4 nitrogen and oxygen atoms in total. The number of nitrogens with zero attached hydrogens (tertiary/aromatic N) is 4. The number of aryl methyl sites for hydroxylation is 2. The highest BCUT2D eigenvalue weighted by Crippen LogP contribution is 1.99. The number of aromatic nitrogens is 4. The van der Waals surface area contributed by atoms with Crippen molar-refractivity contribution in [3.8, 4) is 0 Å². The summed E-state index contributed by atoms with van der Waals surface area (Å²) in [4.78, 5) is 0. The van der Waals surface area contributed by atoms with Gasteiger partial charge in [0.05, 0.1) is 0 Å². The number of rotatable bonds is 4. The third kappa shape index (κ3) is 2.90. The second kappa shape index (κ2) is 4.74. The summed E-state index contributed by atoms with van der Waals surface area (Å²) < 4.78 is 0. The molecule has 1 aromatic heterocycles. The van der Waals surface area contributed by atoms with E-state index < -0.39 is 0 Å². The molecule has 0 aliphatic heterocycles. The van der Waals surface area contributed by atoms with Crippen LogP contribution in [0, 0.1) is 6.92 Å². The number of hydrogen-bond donors (Lipinski definition) is 0. The Bertz CT molecular complexity index is 219. The molecule has 0 bridgehead atoms. The van der Waals surface area contributed by atoms with E-state index in [2.05, 4.69) is 27.3 Å². The second-order valence-electron chi connectivity index (χ2n) is 2.82. The van der Waals surface area contributed by atoms with Crippen molar-refractivity contribution < 1.29 is 0 Å². The van der Waals surface area contributed by atoms with Crippen LogP contribution in [0.1, 0.15) is 37.8 Å². The maximum atomic E-state index is 3.93. The van der Waals surface area contributed by atoms with Gasteiger partial charge in [-0.2, -0.15) is 0 Å². The van der Waals surface area contributed by atoms with E-state index in [-0.39, 0.29) is 0 Å². The Balaban J connectivity index is 2.37. The molecule has 1 heterocycles. The molecule has 1 rings (SSSR count). The predicted molar refractivity (Wildman–Crippen MR) is 45.6 cm³/mol. The van der Waals surface area contributed by atoms with E-state index in [0.717, 1.165) is 18.7 Å². The van der Waals surface area contributed by atoms with E-state index in [1.165, 1.54) is 12.8 Å². The molecule has 0 aliphatic rings. The number of unbranched alkanes of at least 4 members (excludes halogenated alkanes) is 2. The van der Waals surface area contributed by atoms with Crippen LogP contribution in [-0.4, -0.2) is 20.4 Å². The Morgan fingerprint density at radius 2 is 1.67 bits per heavy atom. The maximum absolute atomic E-state index is 3.93. The summed E-state index contributed by atoms with van der Waals surface area (Å²) in [6.45, 7) is 3.96. The van der Waals surface area contributed by atoms with Crippen molar-refractivity contribution >= 4 is 0 Å². The van der Waals surface area contributed by atoms with E-state index in [1.807, 2.05) is 0 Å². The first-order valence-corrected chi connectivity index (χ1v) is 4.36. The SMILES string of the molecule is CCCCCc1nnc(C)nn1. The lowest BCUT2D eigenvalue weighted by molar-refractivity contribution is 0.653. The van der Waals surface area contributed by atoms with Gasteiger partial charge in [0, 0.05) is 6.42 Å². The summed E-state index contributed by atoms with van der Waals surface area (Å²) in [7, 11) is 0. The molecule has 12 heavy (non-hydrogen) atoms. The molecule has 0 saturated heterocycles. The highest BCUT2D eigenvalue weighted by atomic mass is 15.3. The molecule has 0 radical (unpaired) electrons. The average Bonchev–Trinajstić information content (AvgIpc) is 2.09. The van der Waals surface area contributed by atoms with E-state index in [9.17, 15) is 0 Å². The molecular weight excluding hydrogens is 152 g/mol. The van der Waals surface area contributed by atoms with E-state index in [1.54, 1.807) is 6.92 Å². The summed E-state index contributed by atoms with van der Waals surface area (Å²) in [5, 5.41) is 15.5. The fraction of sp³-hybridized carbons (Fsp3) is 0.750. The Morgan fingerprint density at radius 1 is 1.00 bits per heavy atom. The van der Waals surface area contributed by atoms with Crippen molar-refractivity contribution in [2.24, 2.45) is 0 Å². The molecule has 0 aliphatic carbocycles. The van der Waals surface area contributed by atoms with Gasteiger partial charge in [0.25, 0.3) is 0 Å². The van der Waals surface area contributed by atoms with Crippen molar-refractivity contribution in [3.63, 3.8) is 0 Å². The molecule has 0 spiro atoms. The Hall–Kier alpha value is -1.06. The summed E-state index contributed by atoms with van der Waals surface area (Å²) in [5.74, 6) is 1.39. The minimum atomic E-state index is 0.634. The summed E-state index contributed by atoms with van der Waals surface area (Å²) in [6, 6.07) is 0. The van der Waals surface area contributed by atoms with Crippen molar-refractivity contribution in [3.05, 3.63) is 11.6 Å². The van der Waals surface area contributed by atoms with Gasteiger partial charge in [-0.05, 0) is 13.3 Å². The van der Waals surface area contributed by atoms with Crippen LogP contribution in [0.5, 0.6) is 0 Å². The van der Waals surface area contributed by atoms with Gasteiger partial charge in [0.15, 0.2) is 11.6 Å². The first-order chi connectivity index (χ1) is 5.83. The lowest BCUT2D eigenvalue weighted by Crippen LogP contribution is -2.02. The predicted octanol–water partition coefficient (Wildman–Crippen LogP) is 1.31. The third-order valence-electron chi connectivity index (χ3n) is 1.62. The van der Waals surface area contributed by atoms with Crippen LogP contribution >= 0.6 is 0 Å². The maximum Gasteiger partial charge on any atom is 0.173 e. The summed E-state index contributed by atoms with van der Waals surface area (Å²) >= 11 is 0. The van der Waals surface area contributed by atoms with Crippen LogP contribution < -0.4 is 0 Å². The van der Waals surface area contributed by atoms with Gasteiger partial charge in [-0.25, -0.2) is 0 Å². The Morgan fingerprint density at radius 3 is 2.25 bits per heavy atom. The minimum absolute atomic E-state index is 0.634. The molecule has 4 heteroatoms. The van der Waals surface area contributed by atoms with Gasteiger partial charge in [-0.3, -0.25) is 0 Å². The molecule has 0 aromatic carbocycles. The molecule has 0 saturated carbocycles. The van der Waals surface area contributed by atoms with Crippen LogP contribution in [-0.2, 0) is 6.42 Å². The minimum Gasteiger partial charge on any atom is -0.132 e. The molecule has 0 amide bonds. The fourth-order valence-corrected chi connectivity index (χ4v) is 0.933. The van der Waals surface area contributed by atoms with Gasteiger partial charge >= 0.3 is 0 Å². The normalized spacial score (nSPS) is 10.2. The van der Waals surface area contributed by atoms with Crippen LogP contribution in [0.15, 0.2) is 0 Å². The highest BCUT2D eigenvalue weighted by Gasteiger charge is 1.96. The average molecular weight is 166 g/mol. The van der Waals surface area contributed by atoms with Crippen LogP contribution in [0.25, 0.3) is 0 Å². The van der Waals surface area contributed by atoms with Crippen LogP contribution in [0.4, 0.5) is 0 Å². The quantitative estimate of drug-likeness (QED) is 0.633. The lowest BCUT2D eigenvalue weighted by Gasteiger charge is -1.96. The lowest BCUT2D eigenvalue weighted by atomic mass is 10.2. The van der Waals surface area contributed by atoms with Crippen LogP contribution in [0.2, 0.25) is 0 Å². The summed E-state index contributed by atoms with van der Waals surface area (Å²) in [6.07, 6.45) is 4.46. The van der Waals surface area contributed by atoms with Crippen molar-refractivity contribution in [2.45, 2.75) is 39.5 Å². The molecule has 0 atom stereocenters. The standard InChI is InChI=1S/C8H14N4/c1-3-4-5-6-8-11-9-7(2)10-12-8/h3-6H2,1-2H3. The zero-order chi connectivity index (χ0) is 8.81. The third-order valence-corrected chi connectivity index (χ3v) is 1.62. The summed E-state index contributed by atoms with van der Waals surface area (Å²) in [5.41, 5.74) is 0. The molecule has 0 unspecified atom stereocenters. The van der Waals surface area contributed by atoms with Gasteiger partial charge in [0.2, 0.25) is 0 Å². The van der Waals surface area contributed by atoms with Crippen molar-refractivity contribution in [1.29, 1.82) is 0 Å². The molecule has 1 aromatic rings. The smallest absolute Gasteiger partial charge is 0.132 e. The highest BCUT2D eigenvalue weighted by molar-refractivity contribution is 4.79. The Kier molecular flexibility index (Phi) is 3.57. The first-order valence-electron chi connectivity index (χ1n) is 4.36. The monoisotopic (exact) mass is 166 g/mol. The van der Waals surface area contributed by atoms with Gasteiger partial charge in [-0.1, -0.05) is 19.8 Å². The largest absolute Gasteiger partial charge is 0.173 e. The van der Waals surface area contributed by atoms with Crippen molar-refractivity contribution in [2.75, 3.05) is 0 Å². The number of hydrogen-bond acceptors (Lipinski definition) is 4. The van der Waals surface area contributed by atoms with Gasteiger partial charge in [-0.15, -0.1) is 20.4 Å². The molecule has 0 N–H and O–H groups in total. The van der Waals surface area contributed by atoms with Gasteiger partial charge < -0.3 is 0 Å². The van der Waals surface area contributed by atoms with E-state index >= 15 is 0 Å². The molecule has 0 fully saturated rings. The van der Waals surface area contributed by atoms with Crippen molar-refractivity contribution in [1.82, 2.24) is 20.4 Å². The molecular formula is C8H14N4. The molecule has 66 valence electrons. The first kappa shape index (κ1) is 9.03. The zero-order valence-corrected chi connectivity index (χ0v) is 7.62. The topological polar surface area (TPSA) is 51.6 Å². The Labute approximate surface area is 72.4 Å². The van der Waals surface area contributed by atoms with E-state index in [4.69, 9.17) is 0 Å². The zero-order valence-electron chi connectivity index (χ0n) is 7.62. The van der Waals surface area contributed by atoms with E-state index in [0.29, 0.717) is 5.82 Å². The fourth-order valence-electron chi connectivity index (χ4n) is 0.933. The van der Waals surface area contributed by atoms with Crippen LogP contribution in [0.3, 0.4) is 0 Å². The van der Waals surface area contributed by atoms with Gasteiger partial charge in [0.1, 0.15) is 0 Å². The second-order valence-corrected chi connectivity index (χ2v) is 2.82.